The van der Waals surface area contributed by atoms with Crippen LogP contribution in [0.3, 0.4) is 0 Å². The number of hydrogen-bond donors (Lipinski definition) is 0. The molecule has 26 heavy (non-hydrogen) atoms. The average Bonchev–Trinajstić information content (AvgIpc) is 2.72. The fourth-order valence-corrected chi connectivity index (χ4v) is 2.84. The predicted molar refractivity (Wildman–Crippen MR) is 106 cm³/mol. The Morgan fingerprint density at radius 3 is 2.23 bits per heavy atom. The number of para-hydroxylation sites is 1. The highest BCUT2D eigenvalue weighted by Crippen LogP contribution is 2.23. The van der Waals surface area contributed by atoms with Crippen molar-refractivity contribution in [3.8, 4) is 0 Å². The van der Waals surface area contributed by atoms with E-state index in [-0.39, 0.29) is 5.91 Å². The van der Waals surface area contributed by atoms with Crippen LogP contribution in [0.25, 0.3) is 0 Å². The topological polar surface area (TPSA) is 36.4 Å². The number of anilines is 2. The van der Waals surface area contributed by atoms with Gasteiger partial charge in [0.2, 0.25) is 0 Å². The molecule has 0 aliphatic rings. The molecule has 3 rings (SSSR count). The van der Waals surface area contributed by atoms with E-state index in [1.54, 1.807) is 6.20 Å². The van der Waals surface area contributed by atoms with Crippen molar-refractivity contribution in [2.45, 2.75) is 13.5 Å². The van der Waals surface area contributed by atoms with Crippen molar-refractivity contribution in [2.75, 3.05) is 18.5 Å². The molecule has 0 N–H and O–H groups in total. The number of aromatic nitrogens is 1. The van der Waals surface area contributed by atoms with E-state index in [1.165, 1.54) is 0 Å². The normalized spacial score (nSPS) is 10.4. The van der Waals surface area contributed by atoms with E-state index < -0.39 is 0 Å². The van der Waals surface area contributed by atoms with Crippen molar-refractivity contribution in [1.82, 2.24) is 9.88 Å². The van der Waals surface area contributed by atoms with Crippen molar-refractivity contribution in [1.29, 1.82) is 0 Å². The van der Waals surface area contributed by atoms with Crippen LogP contribution in [0, 0.1) is 0 Å². The zero-order valence-electron chi connectivity index (χ0n) is 15.2. The maximum absolute atomic E-state index is 12.9. The molecule has 0 radical (unpaired) electrons. The Labute approximate surface area is 154 Å². The Morgan fingerprint density at radius 1 is 0.923 bits per heavy atom. The van der Waals surface area contributed by atoms with Crippen LogP contribution >= 0.6 is 0 Å². The highest BCUT2D eigenvalue weighted by atomic mass is 16.2. The molecule has 4 nitrogen and oxygen atoms in total. The van der Waals surface area contributed by atoms with Gasteiger partial charge in [0.1, 0.15) is 5.69 Å². The Balaban J connectivity index is 1.81. The summed E-state index contributed by atoms with van der Waals surface area (Å²) >= 11 is 0. The van der Waals surface area contributed by atoms with Gasteiger partial charge < -0.3 is 9.80 Å². The Kier molecular flexibility index (Phi) is 5.64. The lowest BCUT2D eigenvalue weighted by Crippen LogP contribution is -2.31. The molecule has 0 aliphatic heterocycles. The molecule has 0 unspecified atom stereocenters. The van der Waals surface area contributed by atoms with E-state index >= 15 is 0 Å². The van der Waals surface area contributed by atoms with Gasteiger partial charge in [-0.1, -0.05) is 48.5 Å². The van der Waals surface area contributed by atoms with Gasteiger partial charge in [-0.05, 0) is 36.8 Å². The Morgan fingerprint density at radius 2 is 1.58 bits per heavy atom. The van der Waals surface area contributed by atoms with E-state index in [0.29, 0.717) is 18.8 Å². The molecule has 1 aromatic heterocycles. The van der Waals surface area contributed by atoms with Gasteiger partial charge in [-0.2, -0.15) is 0 Å². The van der Waals surface area contributed by atoms with Gasteiger partial charge in [0.25, 0.3) is 5.91 Å². The second-order valence-electron chi connectivity index (χ2n) is 6.10. The third-order valence-electron chi connectivity index (χ3n) is 4.38. The Hall–Kier alpha value is -3.14. The first-order valence-electron chi connectivity index (χ1n) is 8.77. The molecule has 2 aromatic carbocycles. The van der Waals surface area contributed by atoms with Crippen LogP contribution in [0.4, 0.5) is 11.4 Å². The number of pyridine rings is 1. The minimum absolute atomic E-state index is 0.0559. The first-order valence-corrected chi connectivity index (χ1v) is 8.77. The largest absolute Gasteiger partial charge is 0.345 e. The molecule has 0 saturated heterocycles. The van der Waals surface area contributed by atoms with Gasteiger partial charge in [-0.3, -0.25) is 9.78 Å². The number of hydrogen-bond acceptors (Lipinski definition) is 3. The smallest absolute Gasteiger partial charge is 0.272 e. The van der Waals surface area contributed by atoms with E-state index in [4.69, 9.17) is 0 Å². The van der Waals surface area contributed by atoms with Gasteiger partial charge >= 0.3 is 0 Å². The summed E-state index contributed by atoms with van der Waals surface area (Å²) < 4.78 is 0. The molecule has 1 heterocycles. The zero-order chi connectivity index (χ0) is 18.4. The lowest BCUT2D eigenvalue weighted by molar-refractivity contribution is 0.0746. The van der Waals surface area contributed by atoms with Crippen LogP contribution in [-0.2, 0) is 6.54 Å². The number of benzene rings is 2. The maximum Gasteiger partial charge on any atom is 0.272 e. The molecule has 0 saturated carbocycles. The first kappa shape index (κ1) is 17.7. The number of carbonyl (C=O) groups is 1. The molecule has 0 aliphatic carbocycles. The van der Waals surface area contributed by atoms with Gasteiger partial charge in [-0.15, -0.1) is 0 Å². The van der Waals surface area contributed by atoms with E-state index in [0.717, 1.165) is 16.9 Å². The van der Waals surface area contributed by atoms with Crippen molar-refractivity contribution in [3.63, 3.8) is 0 Å². The van der Waals surface area contributed by atoms with Gasteiger partial charge in [0.15, 0.2) is 0 Å². The molecule has 0 atom stereocenters. The van der Waals surface area contributed by atoms with E-state index in [1.807, 2.05) is 96.6 Å². The fourth-order valence-electron chi connectivity index (χ4n) is 2.84. The van der Waals surface area contributed by atoms with Gasteiger partial charge in [-0.25, -0.2) is 0 Å². The second kappa shape index (κ2) is 8.30. The van der Waals surface area contributed by atoms with Crippen LogP contribution in [-0.4, -0.2) is 29.4 Å². The summed E-state index contributed by atoms with van der Waals surface area (Å²) in [7, 11) is 1.99. The minimum Gasteiger partial charge on any atom is -0.345 e. The molecular formula is C22H23N3O. The molecule has 0 spiro atoms. The monoisotopic (exact) mass is 345 g/mol. The zero-order valence-corrected chi connectivity index (χ0v) is 15.2. The van der Waals surface area contributed by atoms with Crippen LogP contribution in [0.5, 0.6) is 0 Å². The quantitative estimate of drug-likeness (QED) is 0.659. The molecule has 0 bridgehead atoms. The summed E-state index contributed by atoms with van der Waals surface area (Å²) in [5.41, 5.74) is 3.57. The van der Waals surface area contributed by atoms with Crippen LogP contribution in [0.2, 0.25) is 0 Å². The number of carbonyl (C=O) groups excluding carboxylic acids is 1. The second-order valence-corrected chi connectivity index (χ2v) is 6.10. The molecule has 0 fully saturated rings. The molecule has 1 amide bonds. The predicted octanol–water partition coefficient (Wildman–Crippen LogP) is 4.51. The summed E-state index contributed by atoms with van der Waals surface area (Å²) in [4.78, 5) is 21.1. The van der Waals surface area contributed by atoms with Crippen LogP contribution < -0.4 is 4.90 Å². The molecule has 4 heteroatoms. The minimum atomic E-state index is -0.0559. The molecule has 3 aromatic rings. The first-order chi connectivity index (χ1) is 12.7. The van der Waals surface area contributed by atoms with Crippen molar-refractivity contribution >= 4 is 17.3 Å². The Bertz CT molecular complexity index is 850. The lowest BCUT2D eigenvalue weighted by Gasteiger charge is -2.23. The fraction of sp³-hybridized carbons (Fsp3) is 0.182. The van der Waals surface area contributed by atoms with Crippen molar-refractivity contribution in [2.24, 2.45) is 0 Å². The summed E-state index contributed by atoms with van der Waals surface area (Å²) in [6.45, 7) is 3.20. The lowest BCUT2D eigenvalue weighted by atomic mass is 10.2. The molecule has 132 valence electrons. The third kappa shape index (κ3) is 4.09. The van der Waals surface area contributed by atoms with Crippen LogP contribution in [0.1, 0.15) is 23.0 Å². The van der Waals surface area contributed by atoms with Gasteiger partial charge in [0, 0.05) is 37.7 Å². The van der Waals surface area contributed by atoms with Gasteiger partial charge in [0.05, 0.1) is 0 Å². The summed E-state index contributed by atoms with van der Waals surface area (Å²) in [5.74, 6) is -0.0559. The molecular weight excluding hydrogens is 322 g/mol. The summed E-state index contributed by atoms with van der Waals surface area (Å²) in [6, 6.07) is 23.8. The highest BCUT2D eigenvalue weighted by Gasteiger charge is 2.17. The number of rotatable bonds is 6. The number of amides is 1. The van der Waals surface area contributed by atoms with E-state index in [9.17, 15) is 4.79 Å². The van der Waals surface area contributed by atoms with Crippen molar-refractivity contribution in [3.05, 3.63) is 90.3 Å². The van der Waals surface area contributed by atoms with Crippen molar-refractivity contribution < 1.29 is 4.79 Å². The summed E-state index contributed by atoms with van der Waals surface area (Å²) in [5, 5.41) is 0. The van der Waals surface area contributed by atoms with Crippen LogP contribution in [0.15, 0.2) is 79.0 Å². The maximum atomic E-state index is 12.9. The third-order valence-corrected chi connectivity index (χ3v) is 4.38. The average molecular weight is 345 g/mol. The highest BCUT2D eigenvalue weighted by molar-refractivity contribution is 5.93. The SMILES string of the molecule is CCN(Cc1ccccc1)C(=O)c1cc(N(C)c2ccccc2)ccn1. The standard InChI is InChI=1S/C22H23N3O/c1-3-25(17-18-10-6-4-7-11-18)22(26)21-16-20(14-15-23-21)24(2)19-12-8-5-9-13-19/h4-16H,3,17H2,1-2H3. The number of nitrogens with zero attached hydrogens (tertiary/aromatic N) is 3. The summed E-state index contributed by atoms with van der Waals surface area (Å²) in [6.07, 6.45) is 1.69. The van der Waals surface area contributed by atoms with E-state index in [2.05, 4.69) is 4.98 Å².